The molecule has 1 unspecified atom stereocenters. The number of likely N-dealkylation sites (tertiary alicyclic amines) is 1. The van der Waals surface area contributed by atoms with Crippen LogP contribution in [-0.4, -0.2) is 36.5 Å². The van der Waals surface area contributed by atoms with Gasteiger partial charge in [-0.15, -0.1) is 0 Å². The van der Waals surface area contributed by atoms with Gasteiger partial charge in [0.05, 0.1) is 12.5 Å². The molecular formula is C16H20ClNO3. The van der Waals surface area contributed by atoms with Crippen LogP contribution in [0.5, 0.6) is 0 Å². The van der Waals surface area contributed by atoms with E-state index in [0.717, 1.165) is 18.4 Å². The quantitative estimate of drug-likeness (QED) is 0.806. The zero-order valence-corrected chi connectivity index (χ0v) is 13.2. The van der Waals surface area contributed by atoms with E-state index in [9.17, 15) is 9.59 Å². The first-order valence-electron chi connectivity index (χ1n) is 7.24. The van der Waals surface area contributed by atoms with Crippen molar-refractivity contribution in [3.05, 3.63) is 34.3 Å². The van der Waals surface area contributed by atoms with E-state index in [1.54, 1.807) is 17.9 Å². The summed E-state index contributed by atoms with van der Waals surface area (Å²) in [6.07, 6.45) is 1.59. The number of ether oxygens (including phenoxy) is 1. The molecule has 1 aromatic rings. The van der Waals surface area contributed by atoms with E-state index in [2.05, 4.69) is 0 Å². The average Bonchev–Trinajstić information content (AvgIpc) is 2.46. The Bertz CT molecular complexity index is 524. The zero-order chi connectivity index (χ0) is 15.4. The number of rotatable bonds is 3. The van der Waals surface area contributed by atoms with Crippen molar-refractivity contribution in [2.45, 2.75) is 26.7 Å². The van der Waals surface area contributed by atoms with Crippen molar-refractivity contribution >= 4 is 23.5 Å². The van der Waals surface area contributed by atoms with Gasteiger partial charge in [-0.1, -0.05) is 11.6 Å². The molecule has 5 heteroatoms. The number of carbonyl (C=O) groups excluding carboxylic acids is 2. The summed E-state index contributed by atoms with van der Waals surface area (Å²) in [4.78, 5) is 26.1. The summed E-state index contributed by atoms with van der Waals surface area (Å²) in [7, 11) is 0. The molecule has 1 heterocycles. The second kappa shape index (κ2) is 6.94. The minimum Gasteiger partial charge on any atom is -0.466 e. The van der Waals surface area contributed by atoms with Crippen molar-refractivity contribution in [2.24, 2.45) is 5.92 Å². The van der Waals surface area contributed by atoms with Gasteiger partial charge in [0, 0.05) is 23.7 Å². The molecule has 1 atom stereocenters. The SMILES string of the molecule is CCOC(=O)C1CCCN(C(=O)c2cc(C)cc(Cl)c2)C1. The topological polar surface area (TPSA) is 46.6 Å². The first-order valence-corrected chi connectivity index (χ1v) is 7.62. The van der Waals surface area contributed by atoms with Crippen LogP contribution in [0.3, 0.4) is 0 Å². The van der Waals surface area contributed by atoms with Crippen LogP contribution in [0.4, 0.5) is 0 Å². The monoisotopic (exact) mass is 309 g/mol. The minimum absolute atomic E-state index is 0.0744. The Hall–Kier alpha value is -1.55. The van der Waals surface area contributed by atoms with Crippen LogP contribution < -0.4 is 0 Å². The molecule has 0 aromatic heterocycles. The van der Waals surface area contributed by atoms with Gasteiger partial charge in [0.2, 0.25) is 0 Å². The third-order valence-corrected chi connectivity index (χ3v) is 3.84. The molecule has 0 bridgehead atoms. The number of piperidine rings is 1. The Kier molecular flexibility index (Phi) is 5.23. The number of benzene rings is 1. The molecule has 1 aliphatic rings. The summed E-state index contributed by atoms with van der Waals surface area (Å²) < 4.78 is 5.06. The van der Waals surface area contributed by atoms with E-state index in [4.69, 9.17) is 16.3 Å². The second-order valence-corrected chi connectivity index (χ2v) is 5.80. The van der Waals surface area contributed by atoms with Gasteiger partial charge < -0.3 is 9.64 Å². The Labute approximate surface area is 130 Å². The summed E-state index contributed by atoms with van der Waals surface area (Å²) in [6, 6.07) is 5.31. The lowest BCUT2D eigenvalue weighted by Gasteiger charge is -2.31. The molecule has 1 fully saturated rings. The molecule has 114 valence electrons. The highest BCUT2D eigenvalue weighted by Crippen LogP contribution is 2.22. The third kappa shape index (κ3) is 3.97. The molecule has 2 rings (SSSR count). The summed E-state index contributed by atoms with van der Waals surface area (Å²) in [5.41, 5.74) is 1.52. The van der Waals surface area contributed by atoms with Crippen molar-refractivity contribution in [2.75, 3.05) is 19.7 Å². The van der Waals surface area contributed by atoms with Crippen LogP contribution >= 0.6 is 11.6 Å². The van der Waals surface area contributed by atoms with Crippen LogP contribution in [-0.2, 0) is 9.53 Å². The molecule has 0 spiro atoms. The molecule has 0 saturated carbocycles. The molecule has 4 nitrogen and oxygen atoms in total. The Morgan fingerprint density at radius 2 is 2.14 bits per heavy atom. The van der Waals surface area contributed by atoms with Crippen molar-refractivity contribution in [3.8, 4) is 0 Å². The number of carbonyl (C=O) groups is 2. The van der Waals surface area contributed by atoms with Crippen LogP contribution in [0.1, 0.15) is 35.7 Å². The van der Waals surface area contributed by atoms with Crippen LogP contribution in [0.25, 0.3) is 0 Å². The van der Waals surface area contributed by atoms with Gasteiger partial charge in [0.15, 0.2) is 0 Å². The predicted molar refractivity (Wildman–Crippen MR) is 81.4 cm³/mol. The molecule has 0 N–H and O–H groups in total. The Morgan fingerprint density at radius 3 is 2.81 bits per heavy atom. The molecule has 1 aromatic carbocycles. The maximum atomic E-state index is 12.5. The summed E-state index contributed by atoms with van der Waals surface area (Å²) in [5, 5.41) is 0.553. The highest BCUT2D eigenvalue weighted by atomic mass is 35.5. The van der Waals surface area contributed by atoms with Gasteiger partial charge in [-0.05, 0) is 50.5 Å². The number of amides is 1. The Morgan fingerprint density at radius 1 is 1.38 bits per heavy atom. The first kappa shape index (κ1) is 15.8. The van der Waals surface area contributed by atoms with E-state index in [0.29, 0.717) is 30.3 Å². The van der Waals surface area contributed by atoms with E-state index < -0.39 is 0 Å². The minimum atomic E-state index is -0.220. The van der Waals surface area contributed by atoms with Gasteiger partial charge in [-0.2, -0.15) is 0 Å². The first-order chi connectivity index (χ1) is 10.0. The normalized spacial score (nSPS) is 18.4. The summed E-state index contributed by atoms with van der Waals surface area (Å²) >= 11 is 6.01. The van der Waals surface area contributed by atoms with E-state index in [-0.39, 0.29) is 17.8 Å². The fourth-order valence-electron chi connectivity index (χ4n) is 2.66. The van der Waals surface area contributed by atoms with E-state index >= 15 is 0 Å². The number of nitrogens with zero attached hydrogens (tertiary/aromatic N) is 1. The molecular weight excluding hydrogens is 290 g/mol. The second-order valence-electron chi connectivity index (χ2n) is 5.36. The molecule has 1 saturated heterocycles. The summed E-state index contributed by atoms with van der Waals surface area (Å²) in [5.74, 6) is -0.505. The smallest absolute Gasteiger partial charge is 0.310 e. The maximum Gasteiger partial charge on any atom is 0.310 e. The van der Waals surface area contributed by atoms with Crippen LogP contribution in [0.2, 0.25) is 5.02 Å². The average molecular weight is 310 g/mol. The lowest BCUT2D eigenvalue weighted by molar-refractivity contribution is -0.149. The third-order valence-electron chi connectivity index (χ3n) is 3.62. The van der Waals surface area contributed by atoms with Gasteiger partial charge in [0.25, 0.3) is 5.91 Å². The van der Waals surface area contributed by atoms with Crippen molar-refractivity contribution in [1.82, 2.24) is 4.90 Å². The van der Waals surface area contributed by atoms with Crippen molar-refractivity contribution in [1.29, 1.82) is 0 Å². The lowest BCUT2D eigenvalue weighted by Crippen LogP contribution is -2.42. The van der Waals surface area contributed by atoms with Crippen molar-refractivity contribution < 1.29 is 14.3 Å². The number of esters is 1. The van der Waals surface area contributed by atoms with Crippen LogP contribution in [0, 0.1) is 12.8 Å². The fraction of sp³-hybridized carbons (Fsp3) is 0.500. The largest absolute Gasteiger partial charge is 0.466 e. The number of hydrogen-bond donors (Lipinski definition) is 0. The Balaban J connectivity index is 2.10. The maximum absolute atomic E-state index is 12.5. The van der Waals surface area contributed by atoms with E-state index in [1.807, 2.05) is 19.1 Å². The predicted octanol–water partition coefficient (Wildman–Crippen LogP) is 3.06. The molecule has 1 aliphatic heterocycles. The number of hydrogen-bond acceptors (Lipinski definition) is 3. The highest BCUT2D eigenvalue weighted by Gasteiger charge is 2.29. The fourth-order valence-corrected chi connectivity index (χ4v) is 2.95. The van der Waals surface area contributed by atoms with E-state index in [1.165, 1.54) is 0 Å². The van der Waals surface area contributed by atoms with Gasteiger partial charge >= 0.3 is 5.97 Å². The van der Waals surface area contributed by atoms with Crippen molar-refractivity contribution in [3.63, 3.8) is 0 Å². The molecule has 1 amide bonds. The number of aryl methyl sites for hydroxylation is 1. The van der Waals surface area contributed by atoms with Gasteiger partial charge in [-0.3, -0.25) is 9.59 Å². The van der Waals surface area contributed by atoms with Gasteiger partial charge in [-0.25, -0.2) is 0 Å². The van der Waals surface area contributed by atoms with Crippen LogP contribution in [0.15, 0.2) is 18.2 Å². The standard InChI is InChI=1S/C16H20ClNO3/c1-3-21-16(20)12-5-4-6-18(10-12)15(19)13-7-11(2)8-14(17)9-13/h7-9,12H,3-6,10H2,1-2H3. The number of halogens is 1. The highest BCUT2D eigenvalue weighted by molar-refractivity contribution is 6.31. The molecule has 0 radical (unpaired) electrons. The lowest BCUT2D eigenvalue weighted by atomic mass is 9.97. The molecule has 0 aliphatic carbocycles. The zero-order valence-electron chi connectivity index (χ0n) is 12.4. The molecule has 21 heavy (non-hydrogen) atoms. The van der Waals surface area contributed by atoms with Gasteiger partial charge in [0.1, 0.15) is 0 Å². The summed E-state index contributed by atoms with van der Waals surface area (Å²) in [6.45, 7) is 5.15.